The number of halogens is 6. The number of nitrogens with one attached hydrogen (secondary N) is 1. The Kier molecular flexibility index (Phi) is 7.61. The molecule has 192 valence electrons. The molecule has 1 unspecified atom stereocenters. The third-order valence-electron chi connectivity index (χ3n) is 5.35. The van der Waals surface area contributed by atoms with Crippen molar-refractivity contribution in [3.63, 3.8) is 0 Å². The number of benzene rings is 2. The van der Waals surface area contributed by atoms with E-state index >= 15 is 0 Å². The number of amides is 1. The van der Waals surface area contributed by atoms with E-state index in [-0.39, 0.29) is 34.0 Å². The van der Waals surface area contributed by atoms with Gasteiger partial charge in [-0.3, -0.25) is 4.79 Å². The molecule has 0 saturated carbocycles. The molecule has 13 heteroatoms. The highest BCUT2D eigenvalue weighted by atomic mass is 35.5. The van der Waals surface area contributed by atoms with Crippen LogP contribution in [0, 0.1) is 11.6 Å². The van der Waals surface area contributed by atoms with Crippen LogP contribution in [0.5, 0.6) is 0 Å². The molecule has 3 N–H and O–H groups in total. The summed E-state index contributed by atoms with van der Waals surface area (Å²) in [6.45, 7) is 1.08. The van der Waals surface area contributed by atoms with Crippen LogP contribution >= 0.6 is 11.6 Å². The normalized spacial score (nSPS) is 12.9. The van der Waals surface area contributed by atoms with E-state index in [4.69, 9.17) is 17.3 Å². The van der Waals surface area contributed by atoms with Gasteiger partial charge in [-0.25, -0.2) is 22.2 Å². The van der Waals surface area contributed by atoms with Gasteiger partial charge in [-0.2, -0.15) is 13.2 Å². The molecule has 1 aromatic heterocycles. The number of rotatable bonds is 6. The van der Waals surface area contributed by atoms with Gasteiger partial charge in [0.1, 0.15) is 16.4 Å². The zero-order chi connectivity index (χ0) is 27.0. The Hall–Kier alpha value is -3.25. The Balaban J connectivity index is 1.91. The maximum atomic E-state index is 14.5. The lowest BCUT2D eigenvalue weighted by atomic mass is 9.98. The van der Waals surface area contributed by atoms with Crippen LogP contribution in [0.15, 0.2) is 47.4 Å². The zero-order valence-corrected chi connectivity index (χ0v) is 20.3. The molecule has 0 bridgehead atoms. The molecule has 0 aliphatic heterocycles. The van der Waals surface area contributed by atoms with Crippen molar-refractivity contribution in [2.75, 3.05) is 12.0 Å². The summed E-state index contributed by atoms with van der Waals surface area (Å²) < 4.78 is 91.5. The van der Waals surface area contributed by atoms with Crippen LogP contribution < -0.4 is 11.1 Å². The van der Waals surface area contributed by atoms with Crippen LogP contribution in [0.4, 0.5) is 27.6 Å². The van der Waals surface area contributed by atoms with Gasteiger partial charge in [-0.05, 0) is 42.3 Å². The summed E-state index contributed by atoms with van der Waals surface area (Å²) in [6, 6.07) is 7.39. The molecule has 3 aromatic rings. The van der Waals surface area contributed by atoms with E-state index in [1.54, 1.807) is 0 Å². The van der Waals surface area contributed by atoms with E-state index in [2.05, 4.69) is 10.3 Å². The standard InChI is InChI=1S/C23H19ClF5N3O3S/c1-11(14-5-7-17(36(2,34)35)19(26)20(14)30)22(33)31-10-13-4-8-18(23(27,28)29)32-21(13)12-3-6-15(24)16(25)9-12/h3-9,11H,10,30H2,1-2H3,(H,31,33). The molecule has 0 fully saturated rings. The van der Waals surface area contributed by atoms with Gasteiger partial charge >= 0.3 is 6.18 Å². The molecule has 1 atom stereocenters. The number of nitrogens with zero attached hydrogens (tertiary/aromatic N) is 1. The van der Waals surface area contributed by atoms with Crippen LogP contribution in [0.1, 0.15) is 29.7 Å². The van der Waals surface area contributed by atoms with Gasteiger partial charge in [0.25, 0.3) is 0 Å². The molecule has 2 aromatic carbocycles. The third-order valence-corrected chi connectivity index (χ3v) is 6.77. The van der Waals surface area contributed by atoms with Gasteiger partial charge in [0.2, 0.25) is 5.91 Å². The number of aromatic nitrogens is 1. The average Bonchev–Trinajstić information content (AvgIpc) is 2.79. The summed E-state index contributed by atoms with van der Waals surface area (Å²) in [7, 11) is -3.89. The number of nitrogen functional groups attached to an aromatic ring is 1. The monoisotopic (exact) mass is 547 g/mol. The van der Waals surface area contributed by atoms with Gasteiger partial charge in [0.15, 0.2) is 15.7 Å². The highest BCUT2D eigenvalue weighted by molar-refractivity contribution is 7.90. The van der Waals surface area contributed by atoms with Crippen LogP contribution in [0.25, 0.3) is 11.3 Å². The van der Waals surface area contributed by atoms with E-state index < -0.39 is 55.7 Å². The number of sulfone groups is 1. The fourth-order valence-electron chi connectivity index (χ4n) is 3.41. The predicted octanol–water partition coefficient (Wildman–Crippen LogP) is 5.10. The third kappa shape index (κ3) is 5.76. The first-order chi connectivity index (χ1) is 16.6. The van der Waals surface area contributed by atoms with E-state index in [9.17, 15) is 35.2 Å². The Morgan fingerprint density at radius 3 is 2.39 bits per heavy atom. The number of alkyl halides is 3. The summed E-state index contributed by atoms with van der Waals surface area (Å²) in [6.07, 6.45) is -3.96. The first kappa shape index (κ1) is 27.3. The Bertz CT molecular complexity index is 1450. The lowest BCUT2D eigenvalue weighted by Gasteiger charge is -2.18. The molecular weight excluding hydrogens is 529 g/mol. The van der Waals surface area contributed by atoms with Crippen LogP contribution in [0.2, 0.25) is 5.02 Å². The van der Waals surface area contributed by atoms with E-state index in [0.29, 0.717) is 0 Å². The topological polar surface area (TPSA) is 102 Å². The second-order valence-corrected chi connectivity index (χ2v) is 10.3. The van der Waals surface area contributed by atoms with Gasteiger partial charge in [0, 0.05) is 18.4 Å². The van der Waals surface area contributed by atoms with Crippen molar-refractivity contribution in [1.82, 2.24) is 10.3 Å². The van der Waals surface area contributed by atoms with Gasteiger partial charge in [-0.1, -0.05) is 29.8 Å². The number of carbonyl (C=O) groups excluding carboxylic acids is 1. The smallest absolute Gasteiger partial charge is 0.396 e. The molecule has 1 amide bonds. The van der Waals surface area contributed by atoms with Crippen LogP contribution in [-0.2, 0) is 27.4 Å². The van der Waals surface area contributed by atoms with Crippen molar-refractivity contribution in [2.24, 2.45) is 0 Å². The van der Waals surface area contributed by atoms with Crippen molar-refractivity contribution in [3.05, 3.63) is 75.9 Å². The highest BCUT2D eigenvalue weighted by Crippen LogP contribution is 2.33. The molecule has 0 aliphatic carbocycles. The summed E-state index contributed by atoms with van der Waals surface area (Å²) in [5.74, 6) is -3.78. The molecule has 6 nitrogen and oxygen atoms in total. The van der Waals surface area contributed by atoms with E-state index in [1.165, 1.54) is 19.1 Å². The molecule has 36 heavy (non-hydrogen) atoms. The Labute approximate surface area is 208 Å². The fraction of sp³-hybridized carbons (Fsp3) is 0.217. The number of hydrogen-bond donors (Lipinski definition) is 2. The quantitative estimate of drug-likeness (QED) is 0.330. The molecule has 0 radical (unpaired) electrons. The number of pyridine rings is 1. The van der Waals surface area contributed by atoms with Gasteiger partial charge in [-0.15, -0.1) is 0 Å². The number of nitrogens with two attached hydrogens (primary N) is 1. The van der Waals surface area contributed by atoms with Gasteiger partial charge in [0.05, 0.1) is 22.3 Å². The van der Waals surface area contributed by atoms with Crippen molar-refractivity contribution in [1.29, 1.82) is 0 Å². The van der Waals surface area contributed by atoms with Crippen LogP contribution in [0.3, 0.4) is 0 Å². The van der Waals surface area contributed by atoms with Crippen LogP contribution in [-0.4, -0.2) is 25.6 Å². The van der Waals surface area contributed by atoms with E-state index in [0.717, 1.165) is 36.6 Å². The molecule has 0 saturated heterocycles. The Morgan fingerprint density at radius 2 is 1.81 bits per heavy atom. The van der Waals surface area contributed by atoms with Crippen molar-refractivity contribution in [3.8, 4) is 11.3 Å². The maximum absolute atomic E-state index is 14.5. The minimum atomic E-state index is -4.77. The fourth-order valence-corrected chi connectivity index (χ4v) is 4.28. The average molecular weight is 548 g/mol. The molecular formula is C23H19ClF5N3O3S. The molecule has 3 rings (SSSR count). The molecule has 0 aliphatic rings. The zero-order valence-electron chi connectivity index (χ0n) is 18.8. The summed E-state index contributed by atoms with van der Waals surface area (Å²) in [4.78, 5) is 15.7. The number of carbonyl (C=O) groups is 1. The summed E-state index contributed by atoms with van der Waals surface area (Å²) >= 11 is 5.66. The van der Waals surface area contributed by atoms with Crippen molar-refractivity contribution >= 4 is 33.0 Å². The maximum Gasteiger partial charge on any atom is 0.433 e. The minimum absolute atomic E-state index is 0.00276. The SMILES string of the molecule is CC(C(=O)NCc1ccc(C(F)(F)F)nc1-c1ccc(Cl)c(F)c1)c1ccc(S(C)(=O)=O)c(F)c1N. The first-order valence-electron chi connectivity index (χ1n) is 10.2. The summed E-state index contributed by atoms with van der Waals surface area (Å²) in [5, 5.41) is 2.27. The minimum Gasteiger partial charge on any atom is -0.396 e. The number of hydrogen-bond acceptors (Lipinski definition) is 5. The predicted molar refractivity (Wildman–Crippen MR) is 124 cm³/mol. The lowest BCUT2D eigenvalue weighted by molar-refractivity contribution is -0.141. The highest BCUT2D eigenvalue weighted by Gasteiger charge is 2.33. The van der Waals surface area contributed by atoms with Gasteiger partial charge < -0.3 is 11.1 Å². The molecule has 1 heterocycles. The second kappa shape index (κ2) is 10.0. The largest absolute Gasteiger partial charge is 0.433 e. The van der Waals surface area contributed by atoms with E-state index in [1.807, 2.05) is 0 Å². The second-order valence-electron chi connectivity index (χ2n) is 7.92. The molecule has 0 spiro atoms. The Morgan fingerprint density at radius 1 is 1.14 bits per heavy atom. The summed E-state index contributed by atoms with van der Waals surface area (Å²) in [5.41, 5.74) is 3.92. The lowest BCUT2D eigenvalue weighted by Crippen LogP contribution is -2.28. The van der Waals surface area contributed by atoms with Crippen molar-refractivity contribution in [2.45, 2.75) is 30.5 Å². The first-order valence-corrected chi connectivity index (χ1v) is 12.5. The van der Waals surface area contributed by atoms with Crippen molar-refractivity contribution < 1.29 is 35.2 Å². The number of anilines is 1.